The molecule has 0 radical (unpaired) electrons. The number of amides is 1. The van der Waals surface area contributed by atoms with Gasteiger partial charge in [-0.3, -0.25) is 9.69 Å². The number of morpholine rings is 1. The molecule has 22 heavy (non-hydrogen) atoms. The van der Waals surface area contributed by atoms with E-state index in [4.69, 9.17) is 4.74 Å². The zero-order valence-electron chi connectivity index (χ0n) is 14.1. The summed E-state index contributed by atoms with van der Waals surface area (Å²) in [6.07, 6.45) is 2.17. The van der Waals surface area contributed by atoms with Gasteiger partial charge in [-0.1, -0.05) is 13.8 Å². The van der Waals surface area contributed by atoms with Crippen molar-refractivity contribution >= 4 is 17.2 Å². The Hall–Kier alpha value is -0.980. The highest BCUT2D eigenvalue weighted by molar-refractivity contribution is 7.11. The standard InChI is InChI=1S/C16H27N3O2S/c1-10(2)15(19-8-11(3)21-12(4)9-19)16(20)18-7-14-6-17-13(5)22-14/h6,10-12,15H,7-9H2,1-5H3,(H,18,20). The molecule has 1 fully saturated rings. The molecule has 0 bridgehead atoms. The third-order valence-electron chi connectivity index (χ3n) is 3.85. The third-order valence-corrected chi connectivity index (χ3v) is 4.76. The number of aromatic nitrogens is 1. The normalized spacial score (nSPS) is 24.5. The van der Waals surface area contributed by atoms with Gasteiger partial charge in [-0.2, -0.15) is 0 Å². The first kappa shape index (κ1) is 17.4. The van der Waals surface area contributed by atoms with Gasteiger partial charge in [-0.25, -0.2) is 4.98 Å². The summed E-state index contributed by atoms with van der Waals surface area (Å²) in [7, 11) is 0. The van der Waals surface area contributed by atoms with Gasteiger partial charge in [-0.05, 0) is 26.7 Å². The Morgan fingerprint density at radius 2 is 2.09 bits per heavy atom. The summed E-state index contributed by atoms with van der Waals surface area (Å²) in [6, 6.07) is -0.109. The van der Waals surface area contributed by atoms with E-state index in [0.717, 1.165) is 23.0 Å². The van der Waals surface area contributed by atoms with E-state index >= 15 is 0 Å². The SMILES string of the molecule is Cc1ncc(CNC(=O)C(C(C)C)N2CC(C)OC(C)C2)s1. The van der Waals surface area contributed by atoms with E-state index in [1.807, 2.05) is 13.1 Å². The molecule has 5 nitrogen and oxygen atoms in total. The summed E-state index contributed by atoms with van der Waals surface area (Å²) in [5.41, 5.74) is 0. The lowest BCUT2D eigenvalue weighted by Crippen LogP contribution is -2.56. The number of rotatable bonds is 5. The number of carbonyl (C=O) groups excluding carboxylic acids is 1. The van der Waals surface area contributed by atoms with Crippen LogP contribution >= 0.6 is 11.3 Å². The summed E-state index contributed by atoms with van der Waals surface area (Å²) in [6.45, 7) is 12.5. The van der Waals surface area contributed by atoms with Gasteiger partial charge >= 0.3 is 0 Å². The van der Waals surface area contributed by atoms with Gasteiger partial charge in [0.15, 0.2) is 0 Å². The lowest BCUT2D eigenvalue weighted by Gasteiger charge is -2.41. The van der Waals surface area contributed by atoms with Gasteiger partial charge in [0.05, 0.1) is 29.8 Å². The highest BCUT2D eigenvalue weighted by Gasteiger charge is 2.33. The molecular formula is C16H27N3O2S. The summed E-state index contributed by atoms with van der Waals surface area (Å²) in [5, 5.41) is 4.10. The number of nitrogens with zero attached hydrogens (tertiary/aromatic N) is 2. The fourth-order valence-electron chi connectivity index (χ4n) is 3.10. The minimum atomic E-state index is -0.109. The number of aryl methyl sites for hydroxylation is 1. The molecule has 124 valence electrons. The van der Waals surface area contributed by atoms with Gasteiger partial charge < -0.3 is 10.1 Å². The van der Waals surface area contributed by atoms with E-state index in [1.54, 1.807) is 11.3 Å². The molecule has 1 aliphatic rings. The second-order valence-corrected chi connectivity index (χ2v) is 7.78. The second kappa shape index (κ2) is 7.53. The first-order valence-electron chi connectivity index (χ1n) is 7.95. The molecule has 3 unspecified atom stereocenters. The van der Waals surface area contributed by atoms with Crippen LogP contribution in [0.15, 0.2) is 6.20 Å². The lowest BCUT2D eigenvalue weighted by molar-refractivity contribution is -0.135. The van der Waals surface area contributed by atoms with Crippen LogP contribution in [0.1, 0.15) is 37.6 Å². The average Bonchev–Trinajstić information content (AvgIpc) is 2.81. The van der Waals surface area contributed by atoms with Crippen molar-refractivity contribution in [3.8, 4) is 0 Å². The fourth-order valence-corrected chi connectivity index (χ4v) is 3.84. The van der Waals surface area contributed by atoms with Crippen molar-refractivity contribution in [1.29, 1.82) is 0 Å². The molecule has 0 aromatic carbocycles. The molecule has 1 aromatic rings. The zero-order valence-corrected chi connectivity index (χ0v) is 14.9. The molecule has 1 aromatic heterocycles. The van der Waals surface area contributed by atoms with Crippen molar-refractivity contribution in [2.24, 2.45) is 5.92 Å². The molecule has 0 aliphatic carbocycles. The minimum absolute atomic E-state index is 0.0994. The van der Waals surface area contributed by atoms with Gasteiger partial charge in [0.2, 0.25) is 5.91 Å². The third kappa shape index (κ3) is 4.51. The van der Waals surface area contributed by atoms with E-state index in [-0.39, 0.29) is 30.1 Å². The molecule has 0 spiro atoms. The van der Waals surface area contributed by atoms with Crippen molar-refractivity contribution in [1.82, 2.24) is 15.2 Å². The van der Waals surface area contributed by atoms with Crippen molar-refractivity contribution in [2.75, 3.05) is 13.1 Å². The summed E-state index contributed by atoms with van der Waals surface area (Å²) < 4.78 is 5.78. The molecule has 0 saturated carbocycles. The maximum absolute atomic E-state index is 12.7. The predicted molar refractivity (Wildman–Crippen MR) is 88.9 cm³/mol. The molecule has 1 N–H and O–H groups in total. The predicted octanol–water partition coefficient (Wildman–Crippen LogP) is 2.20. The fraction of sp³-hybridized carbons (Fsp3) is 0.750. The maximum atomic E-state index is 12.7. The topological polar surface area (TPSA) is 54.5 Å². The smallest absolute Gasteiger partial charge is 0.237 e. The number of ether oxygens (including phenoxy) is 1. The van der Waals surface area contributed by atoms with Gasteiger partial charge in [0, 0.05) is 24.2 Å². The Balaban J connectivity index is 1.98. The molecule has 2 rings (SSSR count). The minimum Gasteiger partial charge on any atom is -0.373 e. The van der Waals surface area contributed by atoms with Crippen LogP contribution in [0.5, 0.6) is 0 Å². The lowest BCUT2D eigenvalue weighted by atomic mass is 9.99. The Labute approximate surface area is 137 Å². The first-order chi connectivity index (χ1) is 10.4. The van der Waals surface area contributed by atoms with Crippen molar-refractivity contribution in [3.05, 3.63) is 16.1 Å². The van der Waals surface area contributed by atoms with E-state index in [9.17, 15) is 4.79 Å². The van der Waals surface area contributed by atoms with Crippen LogP contribution in [0.2, 0.25) is 0 Å². The van der Waals surface area contributed by atoms with Crippen molar-refractivity contribution in [3.63, 3.8) is 0 Å². The van der Waals surface area contributed by atoms with Crippen LogP contribution < -0.4 is 5.32 Å². The Kier molecular flexibility index (Phi) is 5.94. The molecule has 6 heteroatoms. The van der Waals surface area contributed by atoms with Gasteiger partial charge in [0.1, 0.15) is 0 Å². The average molecular weight is 325 g/mol. The van der Waals surface area contributed by atoms with Crippen LogP contribution in [0.25, 0.3) is 0 Å². The maximum Gasteiger partial charge on any atom is 0.237 e. The molecular weight excluding hydrogens is 298 g/mol. The molecule has 2 heterocycles. The van der Waals surface area contributed by atoms with Crippen LogP contribution in [0.4, 0.5) is 0 Å². The second-order valence-electron chi connectivity index (χ2n) is 6.46. The monoisotopic (exact) mass is 325 g/mol. The summed E-state index contributed by atoms with van der Waals surface area (Å²) in [4.78, 5) is 20.2. The van der Waals surface area contributed by atoms with Gasteiger partial charge in [-0.15, -0.1) is 11.3 Å². The largest absolute Gasteiger partial charge is 0.373 e. The number of thiazole rings is 1. The highest BCUT2D eigenvalue weighted by atomic mass is 32.1. The van der Waals surface area contributed by atoms with Crippen LogP contribution in [-0.4, -0.2) is 47.1 Å². The van der Waals surface area contributed by atoms with E-state index in [0.29, 0.717) is 6.54 Å². The van der Waals surface area contributed by atoms with Crippen LogP contribution in [0, 0.1) is 12.8 Å². The molecule has 1 amide bonds. The Morgan fingerprint density at radius 3 is 2.59 bits per heavy atom. The zero-order chi connectivity index (χ0) is 16.3. The Morgan fingerprint density at radius 1 is 1.45 bits per heavy atom. The molecule has 1 aliphatic heterocycles. The number of nitrogens with one attached hydrogen (secondary N) is 1. The van der Waals surface area contributed by atoms with Crippen molar-refractivity contribution < 1.29 is 9.53 Å². The molecule has 1 saturated heterocycles. The number of hydrogen-bond donors (Lipinski definition) is 1. The van der Waals surface area contributed by atoms with E-state index in [2.05, 4.69) is 42.9 Å². The molecule has 3 atom stereocenters. The van der Waals surface area contributed by atoms with Crippen LogP contribution in [0.3, 0.4) is 0 Å². The van der Waals surface area contributed by atoms with Crippen LogP contribution in [-0.2, 0) is 16.1 Å². The highest BCUT2D eigenvalue weighted by Crippen LogP contribution is 2.19. The summed E-state index contributed by atoms with van der Waals surface area (Å²) in [5.74, 6) is 0.364. The van der Waals surface area contributed by atoms with E-state index < -0.39 is 0 Å². The number of carbonyl (C=O) groups is 1. The van der Waals surface area contributed by atoms with Gasteiger partial charge in [0.25, 0.3) is 0 Å². The first-order valence-corrected chi connectivity index (χ1v) is 8.77. The summed E-state index contributed by atoms with van der Waals surface area (Å²) >= 11 is 1.63. The number of hydrogen-bond acceptors (Lipinski definition) is 5. The quantitative estimate of drug-likeness (QED) is 0.902. The van der Waals surface area contributed by atoms with Crippen molar-refractivity contribution in [2.45, 2.75) is 59.4 Å². The Bertz CT molecular complexity index is 493. The van der Waals surface area contributed by atoms with E-state index in [1.165, 1.54) is 0 Å².